The highest BCUT2D eigenvalue weighted by molar-refractivity contribution is 5.87. The molecule has 1 aromatic heterocycles. The highest BCUT2D eigenvalue weighted by Crippen LogP contribution is 2.38. The third-order valence-corrected chi connectivity index (χ3v) is 5.97. The van der Waals surface area contributed by atoms with E-state index in [0.29, 0.717) is 36.4 Å². The van der Waals surface area contributed by atoms with Crippen molar-refractivity contribution in [2.75, 3.05) is 27.4 Å². The Morgan fingerprint density at radius 2 is 1.81 bits per heavy atom. The van der Waals surface area contributed by atoms with Crippen LogP contribution in [0.3, 0.4) is 0 Å². The molecule has 1 aliphatic heterocycles. The number of hydrogen-bond acceptors (Lipinski definition) is 7. The van der Waals surface area contributed by atoms with Gasteiger partial charge in [0.05, 0.1) is 32.4 Å². The molecule has 0 radical (unpaired) electrons. The Kier molecular flexibility index (Phi) is 7.47. The van der Waals surface area contributed by atoms with Gasteiger partial charge in [0.25, 0.3) is 5.89 Å². The van der Waals surface area contributed by atoms with E-state index >= 15 is 0 Å². The molecule has 0 spiro atoms. The second-order valence-electron chi connectivity index (χ2n) is 8.88. The van der Waals surface area contributed by atoms with Crippen LogP contribution in [0.4, 0.5) is 4.79 Å². The summed E-state index contributed by atoms with van der Waals surface area (Å²) < 4.78 is 22.1. The molecule has 2 amide bonds. The standard InChI is InChI=1S/C27H32N4O5/c1-7-35-20-11-8-18(9-12-20)24-23(17(4)31(15-16(2)3)27(32)28-24)26-29-25(30-36-26)19-10-13-21(33-5)22(14-19)34-6/h8-14,16,24H,7,15H2,1-6H3,(H,28,32). The fourth-order valence-electron chi connectivity index (χ4n) is 4.24. The van der Waals surface area contributed by atoms with Gasteiger partial charge in [-0.3, -0.25) is 4.90 Å². The van der Waals surface area contributed by atoms with Crippen molar-refractivity contribution in [3.8, 4) is 28.6 Å². The van der Waals surface area contributed by atoms with Gasteiger partial charge in [-0.25, -0.2) is 4.79 Å². The monoisotopic (exact) mass is 492 g/mol. The third-order valence-electron chi connectivity index (χ3n) is 5.97. The van der Waals surface area contributed by atoms with E-state index < -0.39 is 6.04 Å². The van der Waals surface area contributed by atoms with E-state index in [-0.39, 0.29) is 11.9 Å². The number of aromatic nitrogens is 2. The maximum atomic E-state index is 13.1. The average Bonchev–Trinajstić information content (AvgIpc) is 3.36. The first-order chi connectivity index (χ1) is 17.4. The Labute approximate surface area is 211 Å². The first-order valence-corrected chi connectivity index (χ1v) is 11.9. The number of methoxy groups -OCH3 is 2. The van der Waals surface area contributed by atoms with E-state index in [1.807, 2.05) is 44.2 Å². The summed E-state index contributed by atoms with van der Waals surface area (Å²) >= 11 is 0. The molecular formula is C27H32N4O5. The Morgan fingerprint density at radius 3 is 2.44 bits per heavy atom. The van der Waals surface area contributed by atoms with Crippen LogP contribution in [0.5, 0.6) is 17.2 Å². The Hall–Kier alpha value is -4.01. The Balaban J connectivity index is 1.77. The Morgan fingerprint density at radius 1 is 1.08 bits per heavy atom. The summed E-state index contributed by atoms with van der Waals surface area (Å²) in [6, 6.07) is 12.5. The quantitative estimate of drug-likeness (QED) is 0.432. The van der Waals surface area contributed by atoms with Crippen molar-refractivity contribution >= 4 is 11.6 Å². The van der Waals surface area contributed by atoms with Gasteiger partial charge in [0.1, 0.15) is 5.75 Å². The maximum absolute atomic E-state index is 13.1. The lowest BCUT2D eigenvalue weighted by molar-refractivity contribution is 0.199. The van der Waals surface area contributed by atoms with Gasteiger partial charge >= 0.3 is 6.03 Å². The lowest BCUT2D eigenvalue weighted by Gasteiger charge is -2.36. The van der Waals surface area contributed by atoms with Crippen LogP contribution in [-0.4, -0.2) is 48.4 Å². The van der Waals surface area contributed by atoms with Crippen LogP contribution in [0, 0.1) is 5.92 Å². The first kappa shape index (κ1) is 25.1. The van der Waals surface area contributed by atoms with Gasteiger partial charge < -0.3 is 24.1 Å². The smallest absolute Gasteiger partial charge is 0.322 e. The lowest BCUT2D eigenvalue weighted by Crippen LogP contribution is -2.47. The van der Waals surface area contributed by atoms with E-state index in [1.54, 1.807) is 31.3 Å². The van der Waals surface area contributed by atoms with Gasteiger partial charge in [-0.1, -0.05) is 31.1 Å². The number of urea groups is 1. The number of amides is 2. The first-order valence-electron chi connectivity index (χ1n) is 11.9. The predicted molar refractivity (Wildman–Crippen MR) is 136 cm³/mol. The number of nitrogens with zero attached hydrogens (tertiary/aromatic N) is 3. The summed E-state index contributed by atoms with van der Waals surface area (Å²) in [6.07, 6.45) is 0. The number of benzene rings is 2. The SMILES string of the molecule is CCOc1ccc(C2NC(=O)N(CC(C)C)C(C)=C2c2nc(-c3ccc(OC)c(OC)c3)no2)cc1. The molecule has 4 rings (SSSR count). The van der Waals surface area contributed by atoms with Crippen LogP contribution < -0.4 is 19.5 Å². The number of hydrogen-bond donors (Lipinski definition) is 1. The van der Waals surface area contributed by atoms with E-state index in [2.05, 4.69) is 24.3 Å². The third kappa shape index (κ3) is 5.00. The molecule has 9 heteroatoms. The zero-order chi connectivity index (χ0) is 25.8. The molecule has 36 heavy (non-hydrogen) atoms. The average molecular weight is 493 g/mol. The second kappa shape index (κ2) is 10.7. The summed E-state index contributed by atoms with van der Waals surface area (Å²) in [5.41, 5.74) is 3.13. The molecule has 0 saturated heterocycles. The summed E-state index contributed by atoms with van der Waals surface area (Å²) in [5.74, 6) is 2.96. The molecule has 190 valence electrons. The number of carbonyl (C=O) groups excluding carboxylic acids is 1. The Bertz CT molecular complexity index is 1250. The topological polar surface area (TPSA) is 99.0 Å². The van der Waals surface area contributed by atoms with Crippen LogP contribution in [0.25, 0.3) is 17.0 Å². The van der Waals surface area contributed by atoms with Crippen LogP contribution >= 0.6 is 0 Å². The van der Waals surface area contributed by atoms with Crippen molar-refractivity contribution in [1.29, 1.82) is 0 Å². The molecule has 0 fully saturated rings. The molecule has 1 unspecified atom stereocenters. The number of allylic oxidation sites excluding steroid dienone is 1. The summed E-state index contributed by atoms with van der Waals surface area (Å²) in [7, 11) is 3.16. The minimum Gasteiger partial charge on any atom is -0.494 e. The van der Waals surface area contributed by atoms with Crippen molar-refractivity contribution in [2.24, 2.45) is 5.92 Å². The normalized spacial score (nSPS) is 15.8. The summed E-state index contributed by atoms with van der Waals surface area (Å²) in [4.78, 5) is 19.5. The van der Waals surface area contributed by atoms with E-state index in [0.717, 1.165) is 28.1 Å². The molecule has 0 saturated carbocycles. The number of rotatable bonds is 9. The van der Waals surface area contributed by atoms with Crippen LogP contribution in [-0.2, 0) is 0 Å². The molecule has 1 aliphatic rings. The van der Waals surface area contributed by atoms with Crippen molar-refractivity contribution in [1.82, 2.24) is 20.4 Å². The molecule has 0 bridgehead atoms. The second-order valence-corrected chi connectivity index (χ2v) is 8.88. The van der Waals surface area contributed by atoms with Gasteiger partial charge in [-0.05, 0) is 55.7 Å². The van der Waals surface area contributed by atoms with Gasteiger partial charge in [0.2, 0.25) is 5.82 Å². The number of nitrogens with one attached hydrogen (secondary N) is 1. The van der Waals surface area contributed by atoms with Crippen molar-refractivity contribution in [3.63, 3.8) is 0 Å². The van der Waals surface area contributed by atoms with Gasteiger partial charge in [-0.2, -0.15) is 4.98 Å². The fourth-order valence-corrected chi connectivity index (χ4v) is 4.24. The maximum Gasteiger partial charge on any atom is 0.322 e. The summed E-state index contributed by atoms with van der Waals surface area (Å²) in [6.45, 7) is 9.14. The predicted octanol–water partition coefficient (Wildman–Crippen LogP) is 5.31. The molecular weight excluding hydrogens is 460 g/mol. The van der Waals surface area contributed by atoms with E-state index in [4.69, 9.17) is 23.7 Å². The van der Waals surface area contributed by atoms with Crippen molar-refractivity contribution in [3.05, 3.63) is 59.6 Å². The van der Waals surface area contributed by atoms with Crippen LogP contribution in [0.15, 0.2) is 52.7 Å². The summed E-state index contributed by atoms with van der Waals surface area (Å²) in [5, 5.41) is 7.36. The highest BCUT2D eigenvalue weighted by Gasteiger charge is 2.36. The number of carbonyl (C=O) groups is 1. The van der Waals surface area contributed by atoms with E-state index in [1.165, 1.54) is 0 Å². The van der Waals surface area contributed by atoms with Crippen LogP contribution in [0.2, 0.25) is 0 Å². The lowest BCUT2D eigenvalue weighted by atomic mass is 9.94. The molecule has 3 aromatic rings. The molecule has 0 aliphatic carbocycles. The van der Waals surface area contributed by atoms with Crippen molar-refractivity contribution in [2.45, 2.75) is 33.7 Å². The largest absolute Gasteiger partial charge is 0.494 e. The van der Waals surface area contributed by atoms with E-state index in [9.17, 15) is 4.79 Å². The highest BCUT2D eigenvalue weighted by atomic mass is 16.5. The van der Waals surface area contributed by atoms with Crippen molar-refractivity contribution < 1.29 is 23.5 Å². The zero-order valence-corrected chi connectivity index (χ0v) is 21.5. The minimum atomic E-state index is -0.463. The zero-order valence-electron chi connectivity index (χ0n) is 21.5. The number of ether oxygens (including phenoxy) is 3. The molecule has 2 heterocycles. The molecule has 9 nitrogen and oxygen atoms in total. The minimum absolute atomic E-state index is 0.163. The van der Waals surface area contributed by atoms with Crippen LogP contribution in [0.1, 0.15) is 45.2 Å². The van der Waals surface area contributed by atoms with Gasteiger partial charge in [0.15, 0.2) is 11.5 Å². The van der Waals surface area contributed by atoms with Gasteiger partial charge in [0, 0.05) is 17.8 Å². The molecule has 2 aromatic carbocycles. The van der Waals surface area contributed by atoms with Gasteiger partial charge in [-0.15, -0.1) is 0 Å². The molecule has 1 N–H and O–H groups in total. The fraction of sp³-hybridized carbons (Fsp3) is 0.370. The molecule has 1 atom stereocenters.